The largest absolute Gasteiger partial charge is 0.380 e. The van der Waals surface area contributed by atoms with Crippen molar-refractivity contribution in [3.05, 3.63) is 35.6 Å². The minimum atomic E-state index is -3.47. The molecule has 0 aliphatic carbocycles. The molecule has 1 aromatic carbocycles. The first-order chi connectivity index (χ1) is 10.3. The maximum atomic E-state index is 13.2. The second-order valence-corrected chi connectivity index (χ2v) is 7.93. The smallest absolute Gasteiger partial charge is 0.218 e. The van der Waals surface area contributed by atoms with Crippen LogP contribution in [0.25, 0.3) is 0 Å². The van der Waals surface area contributed by atoms with E-state index in [9.17, 15) is 12.8 Å². The van der Waals surface area contributed by atoms with Crippen molar-refractivity contribution in [3.8, 4) is 0 Å². The van der Waals surface area contributed by atoms with Crippen LogP contribution in [-0.4, -0.2) is 64.1 Å². The number of methoxy groups -OCH3 is 1. The number of likely N-dealkylation sites (N-methyl/N-ethyl adjacent to an activating group) is 2. The van der Waals surface area contributed by atoms with E-state index >= 15 is 0 Å². The number of likely N-dealkylation sites (tertiary alicyclic amines) is 1. The standard InChI is InChI=1S/C15H23FN2O3S/c1-17-10-15(21-3)8-14(17)9-18(2)22(19,20)11-12-5-4-6-13(16)7-12/h4-7,14-15H,8-11H2,1-3H3/t14-,15-/m0/s1. The van der Waals surface area contributed by atoms with E-state index < -0.39 is 15.8 Å². The zero-order chi connectivity index (χ0) is 16.3. The van der Waals surface area contributed by atoms with Crippen molar-refractivity contribution in [1.29, 1.82) is 0 Å². The summed E-state index contributed by atoms with van der Waals surface area (Å²) in [6, 6.07) is 5.84. The molecule has 2 rings (SSSR count). The Bertz CT molecular complexity index is 609. The lowest BCUT2D eigenvalue weighted by Gasteiger charge is -2.25. The molecule has 1 aliphatic heterocycles. The van der Waals surface area contributed by atoms with Crippen LogP contribution in [0.1, 0.15) is 12.0 Å². The third kappa shape index (κ3) is 4.25. The van der Waals surface area contributed by atoms with E-state index in [0.717, 1.165) is 13.0 Å². The Labute approximate surface area is 131 Å². The Balaban J connectivity index is 2.00. The molecular formula is C15H23FN2O3S. The predicted octanol–water partition coefficient (Wildman–Crippen LogP) is 1.31. The fourth-order valence-corrected chi connectivity index (χ4v) is 3.99. The summed E-state index contributed by atoms with van der Waals surface area (Å²) in [5.41, 5.74) is 0.460. The van der Waals surface area contributed by atoms with E-state index in [0.29, 0.717) is 12.1 Å². The molecule has 0 unspecified atom stereocenters. The highest BCUT2D eigenvalue weighted by molar-refractivity contribution is 7.88. The highest BCUT2D eigenvalue weighted by Gasteiger charge is 2.32. The van der Waals surface area contributed by atoms with Crippen LogP contribution >= 0.6 is 0 Å². The van der Waals surface area contributed by atoms with Gasteiger partial charge >= 0.3 is 0 Å². The zero-order valence-corrected chi connectivity index (χ0v) is 14.0. The van der Waals surface area contributed by atoms with Gasteiger partial charge in [-0.15, -0.1) is 0 Å². The van der Waals surface area contributed by atoms with E-state index in [1.165, 1.54) is 22.5 Å². The van der Waals surface area contributed by atoms with Crippen molar-refractivity contribution in [2.45, 2.75) is 24.3 Å². The molecule has 0 aromatic heterocycles. The molecule has 1 aromatic rings. The first-order valence-corrected chi connectivity index (χ1v) is 8.84. The van der Waals surface area contributed by atoms with E-state index in [-0.39, 0.29) is 17.9 Å². The number of sulfonamides is 1. The lowest BCUT2D eigenvalue weighted by atomic mass is 10.2. The molecule has 0 N–H and O–H groups in total. The number of hydrogen-bond acceptors (Lipinski definition) is 4. The van der Waals surface area contributed by atoms with Crippen molar-refractivity contribution in [1.82, 2.24) is 9.21 Å². The molecule has 5 nitrogen and oxygen atoms in total. The summed E-state index contributed by atoms with van der Waals surface area (Å²) in [5, 5.41) is 0. The van der Waals surface area contributed by atoms with Crippen LogP contribution in [0.4, 0.5) is 4.39 Å². The molecule has 0 saturated carbocycles. The summed E-state index contributed by atoms with van der Waals surface area (Å²) in [6.07, 6.45) is 0.960. The average Bonchev–Trinajstić information content (AvgIpc) is 2.79. The summed E-state index contributed by atoms with van der Waals surface area (Å²) in [4.78, 5) is 2.11. The Kier molecular flexibility index (Phi) is 5.55. The first kappa shape index (κ1) is 17.3. The van der Waals surface area contributed by atoms with Crippen LogP contribution in [0.2, 0.25) is 0 Å². The molecular weight excluding hydrogens is 307 g/mol. The van der Waals surface area contributed by atoms with Gasteiger partial charge in [-0.3, -0.25) is 4.90 Å². The topological polar surface area (TPSA) is 49.9 Å². The normalized spacial score (nSPS) is 23.3. The molecule has 2 atom stereocenters. The van der Waals surface area contributed by atoms with Gasteiger partial charge in [0.05, 0.1) is 11.9 Å². The number of benzene rings is 1. The minimum absolute atomic E-state index is 0.136. The quantitative estimate of drug-likeness (QED) is 0.789. The van der Waals surface area contributed by atoms with Gasteiger partial charge in [0.15, 0.2) is 0 Å². The van der Waals surface area contributed by atoms with Gasteiger partial charge in [-0.25, -0.2) is 17.1 Å². The average molecular weight is 330 g/mol. The van der Waals surface area contributed by atoms with Gasteiger partial charge in [-0.05, 0) is 31.2 Å². The lowest BCUT2D eigenvalue weighted by Crippen LogP contribution is -2.39. The van der Waals surface area contributed by atoms with E-state index in [1.54, 1.807) is 20.2 Å². The Hall–Kier alpha value is -1.02. The Morgan fingerprint density at radius 3 is 2.77 bits per heavy atom. The SMILES string of the molecule is CO[C@H]1C[C@@H](CN(C)S(=O)(=O)Cc2cccc(F)c2)N(C)C1. The van der Waals surface area contributed by atoms with Crippen molar-refractivity contribution >= 4 is 10.0 Å². The molecule has 1 heterocycles. The van der Waals surface area contributed by atoms with E-state index in [4.69, 9.17) is 4.74 Å². The molecule has 0 bridgehead atoms. The molecule has 0 radical (unpaired) electrons. The number of halogens is 1. The summed E-state index contributed by atoms with van der Waals surface area (Å²) in [7, 11) is 1.75. The Morgan fingerprint density at radius 1 is 1.45 bits per heavy atom. The van der Waals surface area contributed by atoms with Crippen molar-refractivity contribution in [2.24, 2.45) is 0 Å². The summed E-state index contributed by atoms with van der Waals surface area (Å²) >= 11 is 0. The summed E-state index contributed by atoms with van der Waals surface area (Å²) in [5.74, 6) is -0.611. The zero-order valence-electron chi connectivity index (χ0n) is 13.2. The van der Waals surface area contributed by atoms with Crippen LogP contribution in [0.5, 0.6) is 0 Å². The monoisotopic (exact) mass is 330 g/mol. The summed E-state index contributed by atoms with van der Waals surface area (Å²) < 4.78 is 44.7. The molecule has 0 spiro atoms. The van der Waals surface area contributed by atoms with Crippen molar-refractivity contribution < 1.29 is 17.5 Å². The molecule has 1 aliphatic rings. The van der Waals surface area contributed by atoms with Crippen LogP contribution in [0.3, 0.4) is 0 Å². The fourth-order valence-electron chi connectivity index (χ4n) is 2.77. The van der Waals surface area contributed by atoms with Gasteiger partial charge in [0, 0.05) is 33.3 Å². The van der Waals surface area contributed by atoms with Crippen LogP contribution in [0.15, 0.2) is 24.3 Å². The maximum Gasteiger partial charge on any atom is 0.218 e. The number of nitrogens with zero attached hydrogens (tertiary/aromatic N) is 2. The molecule has 1 fully saturated rings. The van der Waals surface area contributed by atoms with Crippen molar-refractivity contribution in [2.75, 3.05) is 34.3 Å². The third-order valence-corrected chi connectivity index (χ3v) is 5.96. The molecule has 7 heteroatoms. The molecule has 0 amide bonds. The molecule has 22 heavy (non-hydrogen) atoms. The van der Waals surface area contributed by atoms with E-state index in [2.05, 4.69) is 4.90 Å². The maximum absolute atomic E-state index is 13.2. The second kappa shape index (κ2) is 7.04. The molecule has 124 valence electrons. The minimum Gasteiger partial charge on any atom is -0.380 e. The van der Waals surface area contributed by atoms with Gasteiger partial charge in [0.1, 0.15) is 5.82 Å². The van der Waals surface area contributed by atoms with Gasteiger partial charge < -0.3 is 4.74 Å². The number of rotatable bonds is 6. The van der Waals surface area contributed by atoms with Gasteiger partial charge in [0.25, 0.3) is 0 Å². The number of hydrogen-bond donors (Lipinski definition) is 0. The van der Waals surface area contributed by atoms with Crippen LogP contribution in [0, 0.1) is 5.82 Å². The fraction of sp³-hybridized carbons (Fsp3) is 0.600. The first-order valence-electron chi connectivity index (χ1n) is 7.23. The van der Waals surface area contributed by atoms with Gasteiger partial charge in [-0.2, -0.15) is 0 Å². The van der Waals surface area contributed by atoms with Crippen LogP contribution < -0.4 is 0 Å². The second-order valence-electron chi connectivity index (χ2n) is 5.85. The summed E-state index contributed by atoms with van der Waals surface area (Å²) in [6.45, 7) is 1.22. The number of ether oxygens (including phenoxy) is 1. The third-order valence-electron chi connectivity index (χ3n) is 4.16. The van der Waals surface area contributed by atoms with Crippen LogP contribution in [-0.2, 0) is 20.5 Å². The highest BCUT2D eigenvalue weighted by Crippen LogP contribution is 2.20. The van der Waals surface area contributed by atoms with Gasteiger partial charge in [-0.1, -0.05) is 12.1 Å². The lowest BCUT2D eigenvalue weighted by molar-refractivity contribution is 0.111. The predicted molar refractivity (Wildman–Crippen MR) is 83.5 cm³/mol. The molecule has 1 saturated heterocycles. The Morgan fingerprint density at radius 2 is 2.18 bits per heavy atom. The van der Waals surface area contributed by atoms with Crippen molar-refractivity contribution in [3.63, 3.8) is 0 Å². The highest BCUT2D eigenvalue weighted by atomic mass is 32.2. The van der Waals surface area contributed by atoms with E-state index in [1.807, 2.05) is 7.05 Å². The van der Waals surface area contributed by atoms with Gasteiger partial charge in [0.2, 0.25) is 10.0 Å².